The van der Waals surface area contributed by atoms with Crippen molar-refractivity contribution in [2.45, 2.75) is 31.1 Å². The summed E-state index contributed by atoms with van der Waals surface area (Å²) < 4.78 is 0.961. The summed E-state index contributed by atoms with van der Waals surface area (Å²) in [4.78, 5) is 23.6. The molecular formula is C13H12BrNO2. The van der Waals surface area contributed by atoms with E-state index >= 15 is 0 Å². The molecule has 3 rings (SSSR count). The van der Waals surface area contributed by atoms with Gasteiger partial charge in [-0.1, -0.05) is 22.0 Å². The molecule has 1 saturated carbocycles. The van der Waals surface area contributed by atoms with E-state index in [1.54, 1.807) is 0 Å². The fourth-order valence-corrected chi connectivity index (χ4v) is 3.65. The molecule has 1 heterocycles. The lowest BCUT2D eigenvalue weighted by Gasteiger charge is -2.31. The van der Waals surface area contributed by atoms with Gasteiger partial charge in [0.2, 0.25) is 5.91 Å². The van der Waals surface area contributed by atoms with Gasteiger partial charge in [-0.15, -0.1) is 0 Å². The van der Waals surface area contributed by atoms with Crippen LogP contribution >= 0.6 is 15.9 Å². The van der Waals surface area contributed by atoms with E-state index in [9.17, 15) is 9.59 Å². The highest BCUT2D eigenvalue weighted by molar-refractivity contribution is 9.10. The first-order valence-electron chi connectivity index (χ1n) is 5.76. The molecule has 1 spiro atoms. The summed E-state index contributed by atoms with van der Waals surface area (Å²) in [6.45, 7) is 0. The minimum Gasteiger partial charge on any atom is -0.325 e. The zero-order chi connectivity index (χ0) is 12.0. The number of nitrogens with one attached hydrogen (secondary N) is 1. The van der Waals surface area contributed by atoms with Crippen molar-refractivity contribution in [1.29, 1.82) is 0 Å². The van der Waals surface area contributed by atoms with E-state index < -0.39 is 5.41 Å². The number of carbonyl (C=O) groups excluding carboxylic acids is 2. The second-order valence-corrected chi connectivity index (χ2v) is 5.59. The number of hydrogen-bond acceptors (Lipinski definition) is 2. The number of anilines is 1. The van der Waals surface area contributed by atoms with Crippen LogP contribution in [0.15, 0.2) is 22.7 Å². The molecule has 88 valence electrons. The zero-order valence-corrected chi connectivity index (χ0v) is 10.8. The highest BCUT2D eigenvalue weighted by Crippen LogP contribution is 2.49. The molecule has 1 fully saturated rings. The predicted molar refractivity (Wildman–Crippen MR) is 67.9 cm³/mol. The van der Waals surface area contributed by atoms with Gasteiger partial charge in [0.25, 0.3) is 0 Å². The summed E-state index contributed by atoms with van der Waals surface area (Å²) in [5, 5.41) is 2.93. The molecule has 1 amide bonds. The molecule has 1 N–H and O–H groups in total. The lowest BCUT2D eigenvalue weighted by Crippen LogP contribution is -2.38. The SMILES string of the molecule is O=C1CCC2(CC1)C(=O)Nc1cccc(Br)c12. The Morgan fingerprint density at radius 1 is 1.18 bits per heavy atom. The summed E-state index contributed by atoms with van der Waals surface area (Å²) in [6, 6.07) is 5.79. The van der Waals surface area contributed by atoms with E-state index in [1.807, 2.05) is 18.2 Å². The van der Waals surface area contributed by atoms with E-state index in [4.69, 9.17) is 0 Å². The molecule has 4 heteroatoms. The molecule has 0 atom stereocenters. The van der Waals surface area contributed by atoms with Crippen LogP contribution in [0.4, 0.5) is 5.69 Å². The number of ketones is 1. The molecule has 1 aromatic carbocycles. The van der Waals surface area contributed by atoms with E-state index in [0.29, 0.717) is 25.7 Å². The predicted octanol–water partition coefficient (Wildman–Crippen LogP) is 2.78. The van der Waals surface area contributed by atoms with E-state index in [1.165, 1.54) is 0 Å². The van der Waals surface area contributed by atoms with Crippen LogP contribution in [0.5, 0.6) is 0 Å². The molecule has 17 heavy (non-hydrogen) atoms. The molecule has 1 aliphatic heterocycles. The van der Waals surface area contributed by atoms with Crippen LogP contribution in [-0.2, 0) is 15.0 Å². The fourth-order valence-electron chi connectivity index (χ4n) is 2.90. The van der Waals surface area contributed by atoms with Crippen LogP contribution < -0.4 is 5.32 Å². The highest BCUT2D eigenvalue weighted by Gasteiger charge is 2.49. The number of hydrogen-bond donors (Lipinski definition) is 1. The van der Waals surface area contributed by atoms with Crippen molar-refractivity contribution < 1.29 is 9.59 Å². The molecule has 3 nitrogen and oxygen atoms in total. The summed E-state index contributed by atoms with van der Waals surface area (Å²) in [7, 11) is 0. The molecule has 2 aliphatic rings. The molecule has 0 saturated heterocycles. The van der Waals surface area contributed by atoms with Gasteiger partial charge < -0.3 is 5.32 Å². The normalized spacial score (nSPS) is 21.5. The first-order chi connectivity index (χ1) is 8.13. The first kappa shape index (κ1) is 11.0. The van der Waals surface area contributed by atoms with Crippen LogP contribution in [0.25, 0.3) is 0 Å². The Labute approximate surface area is 108 Å². The Morgan fingerprint density at radius 2 is 1.88 bits per heavy atom. The Hall–Kier alpha value is -1.16. The minimum atomic E-state index is -0.483. The van der Waals surface area contributed by atoms with Gasteiger partial charge in [0.15, 0.2) is 0 Å². The van der Waals surface area contributed by atoms with Crippen molar-refractivity contribution in [3.05, 3.63) is 28.2 Å². The largest absolute Gasteiger partial charge is 0.325 e. The van der Waals surface area contributed by atoms with Crippen LogP contribution in [0.2, 0.25) is 0 Å². The number of amides is 1. The summed E-state index contributed by atoms with van der Waals surface area (Å²) in [6.07, 6.45) is 2.28. The number of carbonyl (C=O) groups is 2. The Balaban J connectivity index is 2.13. The summed E-state index contributed by atoms with van der Waals surface area (Å²) in [5.74, 6) is 0.316. The minimum absolute atomic E-state index is 0.0481. The zero-order valence-electron chi connectivity index (χ0n) is 9.25. The molecule has 0 bridgehead atoms. The standard InChI is InChI=1S/C13H12BrNO2/c14-9-2-1-3-10-11(9)13(12(17)15-10)6-4-8(16)5-7-13/h1-3H,4-7H2,(H,15,17). The molecule has 0 unspecified atom stereocenters. The summed E-state index contributed by atoms with van der Waals surface area (Å²) in [5.41, 5.74) is 1.44. The Bertz CT molecular complexity index is 514. The Kier molecular flexibility index (Phi) is 2.36. The third-order valence-corrected chi connectivity index (χ3v) is 4.50. The number of Topliss-reactive ketones (excluding diaryl/α,β-unsaturated/α-hetero) is 1. The second kappa shape index (κ2) is 3.67. The third-order valence-electron chi connectivity index (χ3n) is 3.84. The van der Waals surface area contributed by atoms with Crippen molar-refractivity contribution >= 4 is 33.3 Å². The van der Waals surface area contributed by atoms with Gasteiger partial charge in [0.1, 0.15) is 5.78 Å². The first-order valence-corrected chi connectivity index (χ1v) is 6.55. The average Bonchev–Trinajstić information content (AvgIpc) is 2.58. The van der Waals surface area contributed by atoms with Gasteiger partial charge >= 0.3 is 0 Å². The van der Waals surface area contributed by atoms with Crippen molar-refractivity contribution in [3.8, 4) is 0 Å². The monoisotopic (exact) mass is 293 g/mol. The fraction of sp³-hybridized carbons (Fsp3) is 0.385. The number of fused-ring (bicyclic) bond motifs is 2. The lowest BCUT2D eigenvalue weighted by molar-refractivity contribution is -0.126. The lowest BCUT2D eigenvalue weighted by atomic mass is 9.70. The molecule has 1 aromatic rings. The molecule has 0 aromatic heterocycles. The van der Waals surface area contributed by atoms with Gasteiger partial charge in [0.05, 0.1) is 5.41 Å². The van der Waals surface area contributed by atoms with Crippen molar-refractivity contribution in [3.63, 3.8) is 0 Å². The van der Waals surface area contributed by atoms with E-state index in [2.05, 4.69) is 21.2 Å². The van der Waals surface area contributed by atoms with Gasteiger partial charge in [-0.3, -0.25) is 9.59 Å². The van der Waals surface area contributed by atoms with Gasteiger partial charge in [-0.05, 0) is 25.0 Å². The van der Waals surface area contributed by atoms with Crippen molar-refractivity contribution in [1.82, 2.24) is 0 Å². The number of halogens is 1. The average molecular weight is 294 g/mol. The molecule has 0 radical (unpaired) electrons. The quantitative estimate of drug-likeness (QED) is 0.799. The van der Waals surface area contributed by atoms with Crippen LogP contribution in [0.1, 0.15) is 31.2 Å². The molecular weight excluding hydrogens is 282 g/mol. The maximum absolute atomic E-state index is 12.2. The second-order valence-electron chi connectivity index (χ2n) is 4.74. The maximum atomic E-state index is 12.2. The van der Waals surface area contributed by atoms with Crippen molar-refractivity contribution in [2.75, 3.05) is 5.32 Å². The molecule has 1 aliphatic carbocycles. The van der Waals surface area contributed by atoms with Crippen LogP contribution in [0, 0.1) is 0 Å². The topological polar surface area (TPSA) is 46.2 Å². The van der Waals surface area contributed by atoms with Crippen LogP contribution in [0.3, 0.4) is 0 Å². The summed E-state index contributed by atoms with van der Waals surface area (Å²) >= 11 is 3.52. The van der Waals surface area contributed by atoms with Gasteiger partial charge in [0, 0.05) is 28.6 Å². The highest BCUT2D eigenvalue weighted by atomic mass is 79.9. The third kappa shape index (κ3) is 1.47. The van der Waals surface area contributed by atoms with E-state index in [-0.39, 0.29) is 11.7 Å². The van der Waals surface area contributed by atoms with Gasteiger partial charge in [-0.25, -0.2) is 0 Å². The smallest absolute Gasteiger partial charge is 0.235 e. The number of rotatable bonds is 0. The number of benzene rings is 1. The van der Waals surface area contributed by atoms with Crippen molar-refractivity contribution in [2.24, 2.45) is 0 Å². The maximum Gasteiger partial charge on any atom is 0.235 e. The van der Waals surface area contributed by atoms with Gasteiger partial charge in [-0.2, -0.15) is 0 Å². The Morgan fingerprint density at radius 3 is 2.59 bits per heavy atom. The van der Waals surface area contributed by atoms with Crippen LogP contribution in [-0.4, -0.2) is 11.7 Å². The van der Waals surface area contributed by atoms with E-state index in [0.717, 1.165) is 15.7 Å².